The first-order chi connectivity index (χ1) is 10.3. The van der Waals surface area contributed by atoms with E-state index in [0.29, 0.717) is 5.95 Å². The number of aryl methyl sites for hydroxylation is 1. The summed E-state index contributed by atoms with van der Waals surface area (Å²) < 4.78 is 0. The van der Waals surface area contributed by atoms with Gasteiger partial charge in [-0.05, 0) is 19.1 Å². The summed E-state index contributed by atoms with van der Waals surface area (Å²) in [7, 11) is 0. The monoisotopic (exact) mass is 285 g/mol. The van der Waals surface area contributed by atoms with Crippen molar-refractivity contribution in [2.24, 2.45) is 5.84 Å². The van der Waals surface area contributed by atoms with Crippen LogP contribution in [-0.2, 0) is 0 Å². The van der Waals surface area contributed by atoms with Crippen molar-refractivity contribution < 1.29 is 0 Å². The maximum Gasteiger partial charge on any atom is 0.239 e. The lowest BCUT2D eigenvalue weighted by Crippen LogP contribution is -2.47. The number of anilines is 3. The van der Waals surface area contributed by atoms with Crippen LogP contribution in [0.2, 0.25) is 0 Å². The summed E-state index contributed by atoms with van der Waals surface area (Å²) >= 11 is 0. The highest BCUT2D eigenvalue weighted by molar-refractivity contribution is 5.51. The van der Waals surface area contributed by atoms with Crippen LogP contribution in [0.1, 0.15) is 5.56 Å². The summed E-state index contributed by atoms with van der Waals surface area (Å²) in [5, 5.41) is 0. The Morgan fingerprint density at radius 2 is 1.86 bits per heavy atom. The van der Waals surface area contributed by atoms with Gasteiger partial charge in [-0.15, -0.1) is 0 Å². The van der Waals surface area contributed by atoms with Crippen molar-refractivity contribution in [3.8, 4) is 0 Å². The van der Waals surface area contributed by atoms with Gasteiger partial charge < -0.3 is 9.80 Å². The predicted octanol–water partition coefficient (Wildman–Crippen LogP) is 0.792. The number of hydrazine groups is 1. The molecule has 0 saturated carbocycles. The van der Waals surface area contributed by atoms with E-state index in [1.54, 1.807) is 6.20 Å². The molecule has 0 spiro atoms. The quantitative estimate of drug-likeness (QED) is 0.637. The molecule has 21 heavy (non-hydrogen) atoms. The smallest absolute Gasteiger partial charge is 0.239 e. The molecule has 7 heteroatoms. The van der Waals surface area contributed by atoms with E-state index < -0.39 is 0 Å². The summed E-state index contributed by atoms with van der Waals surface area (Å²) in [5.41, 5.74) is 3.55. The zero-order chi connectivity index (χ0) is 14.7. The van der Waals surface area contributed by atoms with E-state index in [0.717, 1.165) is 43.4 Å². The average Bonchev–Trinajstić information content (AvgIpc) is 2.56. The van der Waals surface area contributed by atoms with Crippen LogP contribution in [0.3, 0.4) is 0 Å². The largest absolute Gasteiger partial charge is 0.353 e. The number of pyridine rings is 1. The number of rotatable bonds is 3. The fourth-order valence-electron chi connectivity index (χ4n) is 2.51. The lowest BCUT2D eigenvalue weighted by atomic mass is 10.2. The molecular weight excluding hydrogens is 266 g/mol. The van der Waals surface area contributed by atoms with E-state index in [1.165, 1.54) is 0 Å². The molecule has 0 radical (unpaired) electrons. The summed E-state index contributed by atoms with van der Waals surface area (Å²) in [6.07, 6.45) is 3.62. The van der Waals surface area contributed by atoms with Gasteiger partial charge in [0.25, 0.3) is 0 Å². The molecule has 3 heterocycles. The molecule has 7 nitrogen and oxygen atoms in total. The Morgan fingerprint density at radius 1 is 1.10 bits per heavy atom. The first-order valence-corrected chi connectivity index (χ1v) is 6.99. The maximum atomic E-state index is 5.39. The standard InChI is InChI=1S/C14H19N7/c1-11-10-17-14(19-15)18-13(11)21-8-6-20(7-9-21)12-4-2-3-5-16-12/h2-5,10H,6-9,15H2,1H3,(H,17,18,19). The molecule has 0 bridgehead atoms. The lowest BCUT2D eigenvalue weighted by molar-refractivity contribution is 0.640. The molecule has 2 aromatic heterocycles. The summed E-state index contributed by atoms with van der Waals surface area (Å²) in [5.74, 6) is 7.81. The zero-order valence-electron chi connectivity index (χ0n) is 12.0. The van der Waals surface area contributed by atoms with Crippen molar-refractivity contribution in [1.29, 1.82) is 0 Å². The van der Waals surface area contributed by atoms with Crippen LogP contribution in [0.25, 0.3) is 0 Å². The molecule has 2 aromatic rings. The second kappa shape index (κ2) is 5.92. The molecule has 1 saturated heterocycles. The van der Waals surface area contributed by atoms with Crippen LogP contribution >= 0.6 is 0 Å². The van der Waals surface area contributed by atoms with Gasteiger partial charge in [-0.25, -0.2) is 15.8 Å². The van der Waals surface area contributed by atoms with Crippen molar-refractivity contribution in [1.82, 2.24) is 15.0 Å². The minimum absolute atomic E-state index is 0.447. The lowest BCUT2D eigenvalue weighted by Gasteiger charge is -2.36. The number of piperazine rings is 1. The Morgan fingerprint density at radius 3 is 2.52 bits per heavy atom. The highest BCUT2D eigenvalue weighted by Gasteiger charge is 2.20. The maximum absolute atomic E-state index is 5.39. The van der Waals surface area contributed by atoms with E-state index in [-0.39, 0.29) is 0 Å². The minimum atomic E-state index is 0.447. The molecule has 0 amide bonds. The van der Waals surface area contributed by atoms with Gasteiger partial charge in [0.05, 0.1) is 0 Å². The molecule has 0 atom stereocenters. The van der Waals surface area contributed by atoms with E-state index in [1.807, 2.05) is 31.3 Å². The minimum Gasteiger partial charge on any atom is -0.353 e. The fraction of sp³-hybridized carbons (Fsp3) is 0.357. The van der Waals surface area contributed by atoms with E-state index >= 15 is 0 Å². The van der Waals surface area contributed by atoms with Crippen molar-refractivity contribution in [2.45, 2.75) is 6.92 Å². The molecule has 3 rings (SSSR count). The number of hydrogen-bond acceptors (Lipinski definition) is 7. The second-order valence-electron chi connectivity index (χ2n) is 5.01. The van der Waals surface area contributed by atoms with Crippen molar-refractivity contribution in [2.75, 3.05) is 41.4 Å². The molecule has 1 aliphatic rings. The number of nitrogens with two attached hydrogens (primary N) is 1. The van der Waals surface area contributed by atoms with Crippen LogP contribution < -0.4 is 21.1 Å². The number of hydrogen-bond donors (Lipinski definition) is 2. The summed E-state index contributed by atoms with van der Waals surface area (Å²) in [4.78, 5) is 17.5. The molecule has 110 valence electrons. The Labute approximate surface area is 123 Å². The van der Waals surface area contributed by atoms with Gasteiger partial charge in [0.1, 0.15) is 11.6 Å². The number of nitrogen functional groups attached to an aromatic ring is 1. The van der Waals surface area contributed by atoms with E-state index in [2.05, 4.69) is 30.2 Å². The van der Waals surface area contributed by atoms with Gasteiger partial charge in [-0.2, -0.15) is 4.98 Å². The molecule has 0 aromatic carbocycles. The van der Waals surface area contributed by atoms with Gasteiger partial charge in [0, 0.05) is 44.1 Å². The molecule has 0 aliphatic carbocycles. The van der Waals surface area contributed by atoms with Crippen molar-refractivity contribution in [3.63, 3.8) is 0 Å². The first kappa shape index (κ1) is 13.6. The van der Waals surface area contributed by atoms with Gasteiger partial charge in [0.2, 0.25) is 5.95 Å². The van der Waals surface area contributed by atoms with Gasteiger partial charge in [0.15, 0.2) is 0 Å². The topological polar surface area (TPSA) is 83.2 Å². The molecule has 1 aliphatic heterocycles. The summed E-state index contributed by atoms with van der Waals surface area (Å²) in [6.45, 7) is 5.66. The third kappa shape index (κ3) is 2.87. The van der Waals surface area contributed by atoms with Gasteiger partial charge in [-0.3, -0.25) is 5.43 Å². The SMILES string of the molecule is Cc1cnc(NN)nc1N1CCN(c2ccccn2)CC1. The van der Waals surface area contributed by atoms with Crippen molar-refractivity contribution >= 4 is 17.6 Å². The Kier molecular flexibility index (Phi) is 3.83. The van der Waals surface area contributed by atoms with Crippen molar-refractivity contribution in [3.05, 3.63) is 36.2 Å². The number of nitrogens with zero attached hydrogens (tertiary/aromatic N) is 5. The van der Waals surface area contributed by atoms with Crippen LogP contribution in [0.15, 0.2) is 30.6 Å². The van der Waals surface area contributed by atoms with E-state index in [9.17, 15) is 0 Å². The third-order valence-corrected chi connectivity index (χ3v) is 3.63. The Hall–Kier alpha value is -2.41. The molecule has 3 N–H and O–H groups in total. The number of aromatic nitrogens is 3. The Balaban J connectivity index is 1.71. The van der Waals surface area contributed by atoms with Crippen LogP contribution in [0, 0.1) is 6.92 Å². The Bertz CT molecular complexity index is 594. The van der Waals surface area contributed by atoms with Gasteiger partial charge in [-0.1, -0.05) is 6.07 Å². The number of nitrogens with one attached hydrogen (secondary N) is 1. The van der Waals surface area contributed by atoms with Crippen LogP contribution in [0.5, 0.6) is 0 Å². The second-order valence-corrected chi connectivity index (χ2v) is 5.01. The third-order valence-electron chi connectivity index (χ3n) is 3.63. The zero-order valence-corrected chi connectivity index (χ0v) is 12.0. The first-order valence-electron chi connectivity index (χ1n) is 6.99. The molecule has 1 fully saturated rings. The molecule has 0 unspecified atom stereocenters. The van der Waals surface area contributed by atoms with Gasteiger partial charge >= 0.3 is 0 Å². The van der Waals surface area contributed by atoms with E-state index in [4.69, 9.17) is 5.84 Å². The fourth-order valence-corrected chi connectivity index (χ4v) is 2.51. The average molecular weight is 285 g/mol. The highest BCUT2D eigenvalue weighted by atomic mass is 15.3. The van der Waals surface area contributed by atoms with Crippen LogP contribution in [0.4, 0.5) is 17.6 Å². The predicted molar refractivity (Wildman–Crippen MR) is 83.2 cm³/mol. The highest BCUT2D eigenvalue weighted by Crippen LogP contribution is 2.21. The molecular formula is C14H19N7. The van der Waals surface area contributed by atoms with Crippen LogP contribution in [-0.4, -0.2) is 41.1 Å². The normalized spacial score (nSPS) is 15.1. The summed E-state index contributed by atoms with van der Waals surface area (Å²) in [6, 6.07) is 6.00.